The van der Waals surface area contributed by atoms with Crippen LogP contribution >= 0.6 is 11.3 Å². The van der Waals surface area contributed by atoms with E-state index in [1.165, 1.54) is 65.0 Å². The van der Waals surface area contributed by atoms with Crippen molar-refractivity contribution in [2.24, 2.45) is 0 Å². The van der Waals surface area contributed by atoms with Crippen LogP contribution in [0, 0.1) is 60.6 Å². The third-order valence-electron chi connectivity index (χ3n) is 10.1. The van der Waals surface area contributed by atoms with E-state index in [9.17, 15) is 0 Å². The first-order valence-corrected chi connectivity index (χ1v) is 18.4. The molecule has 5 heteroatoms. The van der Waals surface area contributed by atoms with Gasteiger partial charge in [0, 0.05) is 47.5 Å². The van der Waals surface area contributed by atoms with Gasteiger partial charge in [0.1, 0.15) is 5.58 Å². The van der Waals surface area contributed by atoms with E-state index in [4.69, 9.17) is 9.40 Å². The second-order valence-corrected chi connectivity index (χ2v) is 16.1. The predicted octanol–water partition coefficient (Wildman–Crippen LogP) is 13.3. The standard InChI is InChI=1S/C33H30NOS.C14H14N.Ir/c1-18-10-8-11-19(2)31(18)26-15-28(34-17-27(26)33(5,6)7)23-13-9-12-22-25-14-24-20(3)21(4)36-30(24)16-29(25)35-32(22)23;1-10-4-6-13(7-5-10)14-8-11(2)12(3)9-15-14;/h8-12,14-17H,1-7H3;4-6,8-9H,1-3H3;/q2*-1;. The molecule has 265 valence electrons. The summed E-state index contributed by atoms with van der Waals surface area (Å²) in [5.41, 5.74) is 17.0. The van der Waals surface area contributed by atoms with Gasteiger partial charge in [-0.2, -0.15) is 0 Å². The first kappa shape index (κ1) is 37.3. The van der Waals surface area contributed by atoms with Gasteiger partial charge < -0.3 is 14.4 Å². The van der Waals surface area contributed by atoms with Gasteiger partial charge in [-0.1, -0.05) is 74.5 Å². The number of aryl methyl sites for hydroxylation is 7. The molecular formula is C47H44IrN2OS-2. The Bertz CT molecular complexity index is 2560. The number of hydrogen-bond donors (Lipinski definition) is 0. The van der Waals surface area contributed by atoms with Gasteiger partial charge >= 0.3 is 0 Å². The molecule has 0 N–H and O–H groups in total. The molecular weight excluding hydrogens is 833 g/mol. The number of pyridine rings is 2. The minimum Gasteiger partial charge on any atom is -0.501 e. The van der Waals surface area contributed by atoms with Crippen molar-refractivity contribution in [2.75, 3.05) is 0 Å². The number of thiophene rings is 1. The van der Waals surface area contributed by atoms with Crippen LogP contribution in [-0.4, -0.2) is 9.97 Å². The summed E-state index contributed by atoms with van der Waals surface area (Å²) in [5, 5.41) is 3.57. The van der Waals surface area contributed by atoms with E-state index in [1.807, 2.05) is 35.9 Å². The minimum absolute atomic E-state index is 0. The SMILES string of the molecule is Cc1c[c-]c(-c2cc(C)c(C)cn2)cc1.Cc1cccc(C)c1-c1cc(-c2[c-]ccc3c2oc2cc4sc(C)c(C)c4cc23)ncc1C(C)(C)C.[Ir]. The molecule has 3 nitrogen and oxygen atoms in total. The van der Waals surface area contributed by atoms with E-state index in [2.05, 4.69) is 147 Å². The molecule has 0 saturated heterocycles. The maximum atomic E-state index is 6.52. The van der Waals surface area contributed by atoms with Gasteiger partial charge in [0.05, 0.1) is 5.58 Å². The molecule has 0 fully saturated rings. The number of fused-ring (bicyclic) bond motifs is 4. The Kier molecular flexibility index (Phi) is 10.4. The van der Waals surface area contributed by atoms with Crippen LogP contribution in [0.3, 0.4) is 0 Å². The molecule has 0 atom stereocenters. The van der Waals surface area contributed by atoms with E-state index in [-0.39, 0.29) is 25.5 Å². The monoisotopic (exact) mass is 877 g/mol. The van der Waals surface area contributed by atoms with Gasteiger partial charge in [0.2, 0.25) is 0 Å². The number of aromatic nitrogens is 2. The van der Waals surface area contributed by atoms with Crippen molar-refractivity contribution in [2.45, 2.75) is 74.7 Å². The van der Waals surface area contributed by atoms with E-state index in [1.54, 1.807) is 0 Å². The average molecular weight is 877 g/mol. The molecule has 0 spiro atoms. The molecule has 0 unspecified atom stereocenters. The molecule has 4 heterocycles. The summed E-state index contributed by atoms with van der Waals surface area (Å²) >= 11 is 1.83. The molecule has 0 aliphatic rings. The summed E-state index contributed by atoms with van der Waals surface area (Å²) in [4.78, 5) is 10.7. The van der Waals surface area contributed by atoms with Gasteiger partial charge in [0.25, 0.3) is 0 Å². The van der Waals surface area contributed by atoms with Gasteiger partial charge in [0.15, 0.2) is 0 Å². The summed E-state index contributed by atoms with van der Waals surface area (Å²) in [6.45, 7) is 21.8. The first-order chi connectivity index (χ1) is 24.3. The Morgan fingerprint density at radius 2 is 1.42 bits per heavy atom. The fraction of sp³-hybridized carbons (Fsp3) is 0.234. The van der Waals surface area contributed by atoms with Crippen molar-refractivity contribution in [3.05, 3.63) is 141 Å². The maximum Gasteiger partial charge on any atom is 0.122 e. The van der Waals surface area contributed by atoms with Crippen molar-refractivity contribution in [1.29, 1.82) is 0 Å². The van der Waals surface area contributed by atoms with Gasteiger partial charge in [-0.05, 0) is 115 Å². The molecule has 0 amide bonds. The third-order valence-corrected chi connectivity index (χ3v) is 11.2. The molecule has 4 aromatic heterocycles. The van der Waals surface area contributed by atoms with Crippen LogP contribution in [0.4, 0.5) is 0 Å². The van der Waals surface area contributed by atoms with Crippen LogP contribution in [0.5, 0.6) is 0 Å². The number of furan rings is 1. The van der Waals surface area contributed by atoms with Crippen molar-refractivity contribution >= 4 is 43.4 Å². The summed E-state index contributed by atoms with van der Waals surface area (Å²) in [7, 11) is 0. The second-order valence-electron chi connectivity index (χ2n) is 14.9. The summed E-state index contributed by atoms with van der Waals surface area (Å²) in [5.74, 6) is 0. The Morgan fingerprint density at radius 1 is 0.692 bits per heavy atom. The van der Waals surface area contributed by atoms with E-state index < -0.39 is 0 Å². The quantitative estimate of drug-likeness (QED) is 0.166. The summed E-state index contributed by atoms with van der Waals surface area (Å²) in [6, 6.07) is 32.3. The topological polar surface area (TPSA) is 38.9 Å². The van der Waals surface area contributed by atoms with Gasteiger partial charge in [-0.3, -0.25) is 0 Å². The zero-order valence-electron chi connectivity index (χ0n) is 31.6. The molecule has 0 bridgehead atoms. The van der Waals surface area contributed by atoms with Crippen LogP contribution in [0.2, 0.25) is 0 Å². The first-order valence-electron chi connectivity index (χ1n) is 17.6. The molecule has 0 saturated carbocycles. The zero-order valence-corrected chi connectivity index (χ0v) is 34.8. The molecule has 8 rings (SSSR count). The molecule has 0 aliphatic heterocycles. The number of nitrogens with zero attached hydrogens (tertiary/aromatic N) is 2. The maximum absolute atomic E-state index is 6.52. The van der Waals surface area contributed by atoms with Crippen LogP contribution in [0.1, 0.15) is 64.6 Å². The number of rotatable bonds is 3. The fourth-order valence-corrected chi connectivity index (χ4v) is 7.92. The minimum atomic E-state index is -0.0353. The fourth-order valence-electron chi connectivity index (χ4n) is 6.84. The molecule has 0 aliphatic carbocycles. The average Bonchev–Trinajstić information content (AvgIpc) is 3.60. The van der Waals surface area contributed by atoms with Crippen LogP contribution in [0.15, 0.2) is 89.6 Å². The van der Waals surface area contributed by atoms with E-state index in [0.717, 1.165) is 44.5 Å². The summed E-state index contributed by atoms with van der Waals surface area (Å²) < 4.78 is 7.79. The third kappa shape index (κ3) is 7.03. The number of hydrogen-bond acceptors (Lipinski definition) is 4. The normalized spacial score (nSPS) is 11.5. The van der Waals surface area contributed by atoms with Crippen LogP contribution < -0.4 is 0 Å². The van der Waals surface area contributed by atoms with E-state index in [0.29, 0.717) is 0 Å². The van der Waals surface area contributed by atoms with Crippen molar-refractivity contribution in [3.63, 3.8) is 0 Å². The molecule has 1 radical (unpaired) electrons. The Labute approximate surface area is 325 Å². The molecule has 8 aromatic rings. The van der Waals surface area contributed by atoms with Crippen molar-refractivity contribution in [3.8, 4) is 33.6 Å². The smallest absolute Gasteiger partial charge is 0.122 e. The largest absolute Gasteiger partial charge is 0.501 e. The van der Waals surface area contributed by atoms with Crippen LogP contribution in [0.25, 0.3) is 65.7 Å². The Morgan fingerprint density at radius 3 is 2.10 bits per heavy atom. The molecule has 52 heavy (non-hydrogen) atoms. The van der Waals surface area contributed by atoms with Gasteiger partial charge in [-0.15, -0.1) is 64.9 Å². The summed E-state index contributed by atoms with van der Waals surface area (Å²) in [6.07, 6.45) is 3.96. The Balaban J connectivity index is 0.000000244. The zero-order chi connectivity index (χ0) is 36.2. The Hall–Kier alpha value is -4.41. The van der Waals surface area contributed by atoms with E-state index >= 15 is 0 Å². The predicted molar refractivity (Wildman–Crippen MR) is 217 cm³/mol. The van der Waals surface area contributed by atoms with Crippen molar-refractivity contribution < 1.29 is 24.5 Å². The second kappa shape index (κ2) is 14.5. The van der Waals surface area contributed by atoms with Gasteiger partial charge in [-0.25, -0.2) is 0 Å². The van der Waals surface area contributed by atoms with Crippen LogP contribution in [-0.2, 0) is 25.5 Å². The molecule has 4 aromatic carbocycles. The van der Waals surface area contributed by atoms with Crippen molar-refractivity contribution in [1.82, 2.24) is 9.97 Å². The number of benzene rings is 4.